The van der Waals surface area contributed by atoms with Crippen molar-refractivity contribution in [2.75, 3.05) is 0 Å². The summed E-state index contributed by atoms with van der Waals surface area (Å²) in [6.07, 6.45) is 4.10. The van der Waals surface area contributed by atoms with Crippen LogP contribution in [-0.4, -0.2) is 9.97 Å². The van der Waals surface area contributed by atoms with Crippen molar-refractivity contribution in [3.05, 3.63) is 23.3 Å². The maximum absolute atomic E-state index is 4.39. The number of hydrogen-bond acceptors (Lipinski definition) is 2. The third kappa shape index (κ3) is 3.13. The first-order valence-corrected chi connectivity index (χ1v) is 4.88. The normalized spacial score (nSPS) is 10.8. The van der Waals surface area contributed by atoms with Gasteiger partial charge in [0.25, 0.3) is 0 Å². The Labute approximate surface area is 80.4 Å². The third-order valence-corrected chi connectivity index (χ3v) is 2.13. The third-order valence-electron chi connectivity index (χ3n) is 2.13. The van der Waals surface area contributed by atoms with E-state index in [-0.39, 0.29) is 0 Å². The molecule has 0 spiro atoms. The second-order valence-corrected chi connectivity index (χ2v) is 3.98. The summed E-state index contributed by atoms with van der Waals surface area (Å²) in [6, 6.07) is 0. The second kappa shape index (κ2) is 4.35. The van der Waals surface area contributed by atoms with Gasteiger partial charge >= 0.3 is 0 Å². The van der Waals surface area contributed by atoms with Crippen molar-refractivity contribution in [2.45, 2.75) is 40.5 Å². The summed E-state index contributed by atoms with van der Waals surface area (Å²) in [5.74, 6) is 0.738. The molecule has 0 aromatic carbocycles. The molecular formula is C11H18N2. The molecule has 2 heteroatoms. The van der Waals surface area contributed by atoms with Crippen LogP contribution in [0.2, 0.25) is 0 Å². The van der Waals surface area contributed by atoms with E-state index >= 15 is 0 Å². The highest BCUT2D eigenvalue weighted by Crippen LogP contribution is 2.09. The van der Waals surface area contributed by atoms with Gasteiger partial charge in [0.15, 0.2) is 0 Å². The predicted octanol–water partition coefficient (Wildman–Crippen LogP) is 2.68. The van der Waals surface area contributed by atoms with Crippen molar-refractivity contribution in [3.8, 4) is 0 Å². The number of hydrogen-bond donors (Lipinski definition) is 0. The fraction of sp³-hybridized carbons (Fsp3) is 0.636. The standard InChI is InChI=1S/C11H18N2/c1-8(2)5-6-11-10(4)13-9(3)7-12-11/h7-8H,5-6H2,1-4H3. The van der Waals surface area contributed by atoms with Crippen molar-refractivity contribution < 1.29 is 0 Å². The molecule has 0 radical (unpaired) electrons. The molecule has 0 amide bonds. The van der Waals surface area contributed by atoms with Crippen LogP contribution in [0.25, 0.3) is 0 Å². The highest BCUT2D eigenvalue weighted by atomic mass is 14.8. The monoisotopic (exact) mass is 178 g/mol. The lowest BCUT2D eigenvalue weighted by molar-refractivity contribution is 0.578. The summed E-state index contributed by atoms with van der Waals surface area (Å²) in [5, 5.41) is 0. The minimum atomic E-state index is 0.738. The van der Waals surface area contributed by atoms with E-state index in [1.807, 2.05) is 20.0 Å². The van der Waals surface area contributed by atoms with Crippen molar-refractivity contribution in [1.82, 2.24) is 9.97 Å². The Morgan fingerprint density at radius 2 is 2.00 bits per heavy atom. The van der Waals surface area contributed by atoms with E-state index in [0.29, 0.717) is 0 Å². The maximum Gasteiger partial charge on any atom is 0.0616 e. The molecule has 0 aliphatic rings. The topological polar surface area (TPSA) is 25.8 Å². The van der Waals surface area contributed by atoms with Crippen LogP contribution < -0.4 is 0 Å². The lowest BCUT2D eigenvalue weighted by Crippen LogP contribution is -2.00. The lowest BCUT2D eigenvalue weighted by Gasteiger charge is -2.06. The van der Waals surface area contributed by atoms with Crippen LogP contribution in [0.3, 0.4) is 0 Å². The molecule has 0 saturated carbocycles. The number of aryl methyl sites for hydroxylation is 3. The van der Waals surface area contributed by atoms with Gasteiger partial charge in [0.05, 0.1) is 17.1 Å². The Bertz CT molecular complexity index is 279. The first-order chi connectivity index (χ1) is 6.09. The molecule has 1 rings (SSSR count). The van der Waals surface area contributed by atoms with Gasteiger partial charge in [0, 0.05) is 6.20 Å². The van der Waals surface area contributed by atoms with Gasteiger partial charge in [0.2, 0.25) is 0 Å². The van der Waals surface area contributed by atoms with E-state index in [9.17, 15) is 0 Å². The molecule has 2 nitrogen and oxygen atoms in total. The molecule has 1 heterocycles. The van der Waals surface area contributed by atoms with Crippen LogP contribution in [-0.2, 0) is 6.42 Å². The van der Waals surface area contributed by atoms with Crippen LogP contribution in [0, 0.1) is 19.8 Å². The van der Waals surface area contributed by atoms with E-state index in [1.54, 1.807) is 0 Å². The molecule has 0 unspecified atom stereocenters. The summed E-state index contributed by atoms with van der Waals surface area (Å²) in [7, 11) is 0. The van der Waals surface area contributed by atoms with Crippen molar-refractivity contribution in [2.24, 2.45) is 5.92 Å². The predicted molar refractivity (Wildman–Crippen MR) is 54.7 cm³/mol. The van der Waals surface area contributed by atoms with Gasteiger partial charge in [-0.05, 0) is 32.6 Å². The number of nitrogens with zero attached hydrogens (tertiary/aromatic N) is 2. The molecule has 0 fully saturated rings. The van der Waals surface area contributed by atoms with Gasteiger partial charge in [-0.15, -0.1) is 0 Å². The Hall–Kier alpha value is -0.920. The Kier molecular flexibility index (Phi) is 3.40. The highest BCUT2D eigenvalue weighted by molar-refractivity contribution is 5.11. The average molecular weight is 178 g/mol. The summed E-state index contributed by atoms with van der Waals surface area (Å²) >= 11 is 0. The molecule has 0 aliphatic heterocycles. The zero-order valence-corrected chi connectivity index (χ0v) is 8.96. The van der Waals surface area contributed by atoms with Gasteiger partial charge in [-0.3, -0.25) is 9.97 Å². The molecule has 1 aromatic rings. The van der Waals surface area contributed by atoms with Gasteiger partial charge in [0.1, 0.15) is 0 Å². The van der Waals surface area contributed by atoms with Crippen LogP contribution in [0.4, 0.5) is 0 Å². The largest absolute Gasteiger partial charge is 0.258 e. The SMILES string of the molecule is Cc1cnc(CCC(C)C)c(C)n1. The summed E-state index contributed by atoms with van der Waals surface area (Å²) < 4.78 is 0. The lowest BCUT2D eigenvalue weighted by atomic mass is 10.1. The summed E-state index contributed by atoms with van der Waals surface area (Å²) in [5.41, 5.74) is 3.24. The average Bonchev–Trinajstić information content (AvgIpc) is 2.02. The molecule has 1 aromatic heterocycles. The van der Waals surface area contributed by atoms with Crippen molar-refractivity contribution in [1.29, 1.82) is 0 Å². The summed E-state index contributed by atoms with van der Waals surface area (Å²) in [6.45, 7) is 8.48. The smallest absolute Gasteiger partial charge is 0.0616 e. The zero-order valence-electron chi connectivity index (χ0n) is 8.96. The zero-order chi connectivity index (χ0) is 9.84. The quantitative estimate of drug-likeness (QED) is 0.711. The van der Waals surface area contributed by atoms with E-state index in [0.717, 1.165) is 29.4 Å². The van der Waals surface area contributed by atoms with E-state index in [2.05, 4.69) is 23.8 Å². The van der Waals surface area contributed by atoms with Gasteiger partial charge < -0.3 is 0 Å². The Balaban J connectivity index is 2.67. The van der Waals surface area contributed by atoms with Gasteiger partial charge in [-0.1, -0.05) is 13.8 Å². The van der Waals surface area contributed by atoms with E-state index in [4.69, 9.17) is 0 Å². The molecule has 0 aliphatic carbocycles. The van der Waals surface area contributed by atoms with Crippen LogP contribution >= 0.6 is 0 Å². The molecule has 0 N–H and O–H groups in total. The molecule has 0 atom stereocenters. The second-order valence-electron chi connectivity index (χ2n) is 3.98. The minimum absolute atomic E-state index is 0.738. The first-order valence-electron chi connectivity index (χ1n) is 4.88. The minimum Gasteiger partial charge on any atom is -0.258 e. The van der Waals surface area contributed by atoms with Crippen LogP contribution in [0.15, 0.2) is 6.20 Å². The highest BCUT2D eigenvalue weighted by Gasteiger charge is 2.02. The molecule has 13 heavy (non-hydrogen) atoms. The maximum atomic E-state index is 4.39. The van der Waals surface area contributed by atoms with Crippen molar-refractivity contribution >= 4 is 0 Å². The fourth-order valence-electron chi connectivity index (χ4n) is 1.29. The van der Waals surface area contributed by atoms with Gasteiger partial charge in [-0.2, -0.15) is 0 Å². The van der Waals surface area contributed by atoms with Crippen LogP contribution in [0.1, 0.15) is 37.4 Å². The number of rotatable bonds is 3. The van der Waals surface area contributed by atoms with E-state index in [1.165, 1.54) is 6.42 Å². The Morgan fingerprint density at radius 3 is 2.54 bits per heavy atom. The molecular weight excluding hydrogens is 160 g/mol. The van der Waals surface area contributed by atoms with Gasteiger partial charge in [-0.25, -0.2) is 0 Å². The molecule has 72 valence electrons. The first kappa shape index (κ1) is 10.2. The van der Waals surface area contributed by atoms with E-state index < -0.39 is 0 Å². The summed E-state index contributed by atoms with van der Waals surface area (Å²) in [4.78, 5) is 8.78. The Morgan fingerprint density at radius 1 is 1.31 bits per heavy atom. The fourth-order valence-corrected chi connectivity index (χ4v) is 1.29. The van der Waals surface area contributed by atoms with Crippen molar-refractivity contribution in [3.63, 3.8) is 0 Å². The molecule has 0 bridgehead atoms. The van der Waals surface area contributed by atoms with Crippen LogP contribution in [0.5, 0.6) is 0 Å². The number of aromatic nitrogens is 2. The molecule has 0 saturated heterocycles.